The monoisotopic (exact) mass is 271 g/mol. The maximum Gasteiger partial charge on any atom is 0.411 e. The molecule has 2 aliphatic heterocycles. The Morgan fingerprint density at radius 2 is 2.00 bits per heavy atom. The van der Waals surface area contributed by atoms with E-state index in [1.807, 2.05) is 0 Å². The summed E-state index contributed by atoms with van der Waals surface area (Å²) in [7, 11) is 0. The average molecular weight is 271 g/mol. The van der Waals surface area contributed by atoms with E-state index < -0.39 is 29.6 Å². The van der Waals surface area contributed by atoms with E-state index in [1.54, 1.807) is 34.6 Å². The molecule has 0 aromatic heterocycles. The van der Waals surface area contributed by atoms with Gasteiger partial charge in [-0.15, -0.1) is 0 Å². The zero-order valence-corrected chi connectivity index (χ0v) is 12.0. The van der Waals surface area contributed by atoms with Gasteiger partial charge in [0.15, 0.2) is 5.79 Å². The largest absolute Gasteiger partial charge is 0.444 e. The number of fused-ring (bicyclic) bond motifs is 1. The lowest BCUT2D eigenvalue weighted by molar-refractivity contribution is -0.161. The maximum absolute atomic E-state index is 12.1. The Morgan fingerprint density at radius 1 is 1.37 bits per heavy atom. The van der Waals surface area contributed by atoms with Gasteiger partial charge in [0.1, 0.15) is 30.1 Å². The van der Waals surface area contributed by atoms with Gasteiger partial charge in [0, 0.05) is 0 Å². The molecule has 0 aliphatic carbocycles. The molecular weight excluding hydrogens is 250 g/mol. The van der Waals surface area contributed by atoms with Crippen molar-refractivity contribution in [2.45, 2.75) is 64.3 Å². The highest BCUT2D eigenvalue weighted by Gasteiger charge is 2.54. The predicted molar refractivity (Wildman–Crippen MR) is 66.6 cm³/mol. The second-order valence-corrected chi connectivity index (χ2v) is 6.40. The number of carbonyl (C=O) groups excluding carboxylic acids is 2. The average Bonchev–Trinajstić information content (AvgIpc) is 2.66. The van der Waals surface area contributed by atoms with Crippen LogP contribution in [0.4, 0.5) is 4.79 Å². The fraction of sp³-hybridized carbons (Fsp3) is 0.846. The summed E-state index contributed by atoms with van der Waals surface area (Å²) < 4.78 is 16.7. The molecule has 0 saturated carbocycles. The van der Waals surface area contributed by atoms with E-state index in [9.17, 15) is 9.59 Å². The number of likely N-dealkylation sites (tertiary alicyclic amines) is 1. The third-order valence-electron chi connectivity index (χ3n) is 3.06. The lowest BCUT2D eigenvalue weighted by Gasteiger charge is -2.29. The van der Waals surface area contributed by atoms with Crippen LogP contribution >= 0.6 is 0 Å². The highest BCUT2D eigenvalue weighted by atomic mass is 16.8. The Bertz CT molecular complexity index is 387. The first-order chi connectivity index (χ1) is 8.63. The SMILES string of the molecule is CC(C)(C)OC(=O)N1CC2OC(C)(C)OC2[C@H]1C=O. The van der Waals surface area contributed by atoms with E-state index in [4.69, 9.17) is 14.2 Å². The molecule has 6 nitrogen and oxygen atoms in total. The van der Waals surface area contributed by atoms with Crippen molar-refractivity contribution in [2.24, 2.45) is 0 Å². The highest BCUT2D eigenvalue weighted by molar-refractivity contribution is 5.75. The number of nitrogens with zero attached hydrogens (tertiary/aromatic N) is 1. The molecule has 0 N–H and O–H groups in total. The molecule has 2 fully saturated rings. The van der Waals surface area contributed by atoms with Crippen molar-refractivity contribution < 1.29 is 23.8 Å². The minimum atomic E-state index is -0.712. The Labute approximate surface area is 113 Å². The molecular formula is C13H21NO5. The van der Waals surface area contributed by atoms with Gasteiger partial charge in [0.25, 0.3) is 0 Å². The lowest BCUT2D eigenvalue weighted by Crippen LogP contribution is -2.45. The van der Waals surface area contributed by atoms with E-state index in [0.717, 1.165) is 6.29 Å². The molecule has 0 spiro atoms. The van der Waals surface area contributed by atoms with E-state index in [2.05, 4.69) is 0 Å². The first-order valence-corrected chi connectivity index (χ1v) is 6.43. The van der Waals surface area contributed by atoms with E-state index in [1.165, 1.54) is 4.90 Å². The zero-order chi connectivity index (χ0) is 14.4. The smallest absolute Gasteiger partial charge is 0.411 e. The summed E-state index contributed by atoms with van der Waals surface area (Å²) in [5.41, 5.74) is -0.594. The van der Waals surface area contributed by atoms with Crippen molar-refractivity contribution in [3.63, 3.8) is 0 Å². The fourth-order valence-electron chi connectivity index (χ4n) is 2.45. The summed E-state index contributed by atoms with van der Waals surface area (Å²) in [5.74, 6) is -0.712. The van der Waals surface area contributed by atoms with Gasteiger partial charge < -0.3 is 19.0 Å². The van der Waals surface area contributed by atoms with Gasteiger partial charge in [-0.05, 0) is 34.6 Å². The summed E-state index contributed by atoms with van der Waals surface area (Å²) in [6.07, 6.45) is -0.485. The van der Waals surface area contributed by atoms with Crippen LogP contribution in [0.3, 0.4) is 0 Å². The summed E-state index contributed by atoms with van der Waals surface area (Å²) in [4.78, 5) is 24.7. The van der Waals surface area contributed by atoms with Crippen molar-refractivity contribution in [2.75, 3.05) is 6.54 Å². The van der Waals surface area contributed by atoms with E-state index in [-0.39, 0.29) is 6.10 Å². The van der Waals surface area contributed by atoms with Gasteiger partial charge >= 0.3 is 6.09 Å². The molecule has 2 saturated heterocycles. The summed E-state index contributed by atoms with van der Waals surface area (Å²) in [5, 5.41) is 0. The molecule has 2 heterocycles. The van der Waals surface area contributed by atoms with Gasteiger partial charge in [-0.1, -0.05) is 0 Å². The standard InChI is InChI=1S/C13H21NO5/c1-12(2,3)19-11(16)14-6-9-10(8(14)7-15)18-13(4,5)17-9/h7-10H,6H2,1-5H3/t8-,9?,10?/m1/s1. The molecule has 0 aromatic carbocycles. The second-order valence-electron chi connectivity index (χ2n) is 6.40. The number of rotatable bonds is 1. The van der Waals surface area contributed by atoms with Crippen molar-refractivity contribution in [1.29, 1.82) is 0 Å². The molecule has 108 valence electrons. The van der Waals surface area contributed by atoms with Crippen LogP contribution in [0.15, 0.2) is 0 Å². The molecule has 2 unspecified atom stereocenters. The van der Waals surface area contributed by atoms with Crippen LogP contribution in [0.2, 0.25) is 0 Å². The third-order valence-corrected chi connectivity index (χ3v) is 3.06. The molecule has 2 aliphatic rings. The molecule has 1 amide bonds. The highest BCUT2D eigenvalue weighted by Crippen LogP contribution is 2.36. The van der Waals surface area contributed by atoms with Crippen LogP contribution in [0.25, 0.3) is 0 Å². The van der Waals surface area contributed by atoms with Crippen molar-refractivity contribution >= 4 is 12.4 Å². The van der Waals surface area contributed by atoms with Crippen LogP contribution in [-0.4, -0.2) is 53.5 Å². The Morgan fingerprint density at radius 3 is 2.53 bits per heavy atom. The van der Waals surface area contributed by atoms with Crippen LogP contribution in [0.1, 0.15) is 34.6 Å². The quantitative estimate of drug-likeness (QED) is 0.673. The first kappa shape index (κ1) is 14.3. The van der Waals surface area contributed by atoms with Crippen LogP contribution in [-0.2, 0) is 19.0 Å². The summed E-state index contributed by atoms with van der Waals surface area (Å²) in [6.45, 7) is 9.26. The van der Waals surface area contributed by atoms with Gasteiger partial charge in [0.2, 0.25) is 0 Å². The number of hydrogen-bond acceptors (Lipinski definition) is 5. The summed E-state index contributed by atoms with van der Waals surface area (Å²) >= 11 is 0. The van der Waals surface area contributed by atoms with Crippen LogP contribution < -0.4 is 0 Å². The van der Waals surface area contributed by atoms with Crippen molar-refractivity contribution in [1.82, 2.24) is 4.90 Å². The normalized spacial score (nSPS) is 33.1. The van der Waals surface area contributed by atoms with E-state index >= 15 is 0 Å². The first-order valence-electron chi connectivity index (χ1n) is 6.43. The minimum Gasteiger partial charge on any atom is -0.444 e. The van der Waals surface area contributed by atoms with Gasteiger partial charge in [-0.25, -0.2) is 4.79 Å². The molecule has 2 rings (SSSR count). The van der Waals surface area contributed by atoms with Crippen molar-refractivity contribution in [3.8, 4) is 0 Å². The topological polar surface area (TPSA) is 65.1 Å². The maximum atomic E-state index is 12.1. The Hall–Kier alpha value is -1.14. The number of amides is 1. The summed E-state index contributed by atoms with van der Waals surface area (Å²) in [6, 6.07) is -0.651. The van der Waals surface area contributed by atoms with Crippen LogP contribution in [0, 0.1) is 0 Å². The minimum absolute atomic E-state index is 0.280. The Kier molecular flexibility index (Phi) is 3.35. The number of ether oxygens (including phenoxy) is 3. The van der Waals surface area contributed by atoms with Crippen molar-refractivity contribution in [3.05, 3.63) is 0 Å². The molecule has 0 bridgehead atoms. The van der Waals surface area contributed by atoms with Gasteiger partial charge in [-0.2, -0.15) is 0 Å². The molecule has 19 heavy (non-hydrogen) atoms. The van der Waals surface area contributed by atoms with Gasteiger partial charge in [-0.3, -0.25) is 4.90 Å². The number of carbonyl (C=O) groups is 2. The molecule has 6 heteroatoms. The number of hydrogen-bond donors (Lipinski definition) is 0. The predicted octanol–water partition coefficient (Wildman–Crippen LogP) is 1.32. The third kappa shape index (κ3) is 2.90. The van der Waals surface area contributed by atoms with E-state index in [0.29, 0.717) is 6.54 Å². The van der Waals surface area contributed by atoms with Gasteiger partial charge in [0.05, 0.1) is 6.54 Å². The number of aldehydes is 1. The molecule has 0 aromatic rings. The second kappa shape index (κ2) is 4.45. The fourth-order valence-corrected chi connectivity index (χ4v) is 2.45. The Balaban J connectivity index is 2.10. The molecule has 3 atom stereocenters. The molecule has 0 radical (unpaired) electrons. The lowest BCUT2D eigenvalue weighted by atomic mass is 10.1. The van der Waals surface area contributed by atoms with Crippen LogP contribution in [0.5, 0.6) is 0 Å². The zero-order valence-electron chi connectivity index (χ0n) is 12.0.